The smallest absolute Gasteiger partial charge is 0.231 e. The Morgan fingerprint density at radius 2 is 1.78 bits per heavy atom. The first-order valence-electron chi connectivity index (χ1n) is 8.05. The summed E-state index contributed by atoms with van der Waals surface area (Å²) in [5.41, 5.74) is 0.890. The first kappa shape index (κ1) is 15.6. The second-order valence-electron chi connectivity index (χ2n) is 5.85. The van der Waals surface area contributed by atoms with E-state index >= 15 is 0 Å². The number of nitrogens with one attached hydrogen (secondary N) is 1. The highest BCUT2D eigenvalue weighted by Crippen LogP contribution is 2.25. The summed E-state index contributed by atoms with van der Waals surface area (Å²) in [4.78, 5) is 14.3. The zero-order valence-corrected chi connectivity index (χ0v) is 13.4. The molecule has 0 saturated carbocycles. The minimum atomic E-state index is 0.0778. The Labute approximate surface area is 137 Å². The molecule has 1 N–H and O–H groups in total. The number of hydrogen-bond acceptors (Lipinski definition) is 3. The van der Waals surface area contributed by atoms with Crippen LogP contribution in [0.15, 0.2) is 54.6 Å². The number of para-hydroxylation sites is 1. The summed E-state index contributed by atoms with van der Waals surface area (Å²) in [5.74, 6) is 1.82. The zero-order valence-electron chi connectivity index (χ0n) is 13.4. The van der Waals surface area contributed by atoms with Crippen molar-refractivity contribution >= 4 is 11.6 Å². The normalized spacial score (nSPS) is 17.5. The number of amides is 1. The van der Waals surface area contributed by atoms with Gasteiger partial charge in [-0.15, -0.1) is 0 Å². The van der Waals surface area contributed by atoms with Crippen molar-refractivity contribution in [3.05, 3.63) is 54.6 Å². The number of benzene rings is 2. The predicted molar refractivity (Wildman–Crippen MR) is 92.0 cm³/mol. The van der Waals surface area contributed by atoms with Gasteiger partial charge in [0.15, 0.2) is 0 Å². The van der Waals surface area contributed by atoms with Crippen LogP contribution in [0.25, 0.3) is 0 Å². The summed E-state index contributed by atoms with van der Waals surface area (Å²) in [7, 11) is 1.84. The average molecular weight is 310 g/mol. The lowest BCUT2D eigenvalue weighted by Crippen LogP contribution is -2.41. The summed E-state index contributed by atoms with van der Waals surface area (Å²) < 4.78 is 5.78. The molecule has 1 amide bonds. The van der Waals surface area contributed by atoms with Crippen LogP contribution < -0.4 is 15.0 Å². The maximum Gasteiger partial charge on any atom is 0.231 e. The molecule has 4 nitrogen and oxygen atoms in total. The van der Waals surface area contributed by atoms with Crippen molar-refractivity contribution in [2.45, 2.75) is 12.8 Å². The molecule has 3 rings (SSSR count). The van der Waals surface area contributed by atoms with E-state index in [1.165, 1.54) is 0 Å². The quantitative estimate of drug-likeness (QED) is 0.940. The van der Waals surface area contributed by atoms with Crippen LogP contribution in [0.2, 0.25) is 0 Å². The molecule has 0 aromatic heterocycles. The second-order valence-corrected chi connectivity index (χ2v) is 5.85. The largest absolute Gasteiger partial charge is 0.457 e. The SMILES string of the molecule is CN(C(=O)C1CCCNC1)c1ccc(Oc2ccccc2)cc1. The molecular weight excluding hydrogens is 288 g/mol. The van der Waals surface area contributed by atoms with Crippen molar-refractivity contribution in [2.75, 3.05) is 25.0 Å². The number of ether oxygens (including phenoxy) is 1. The molecule has 1 saturated heterocycles. The second kappa shape index (κ2) is 7.29. The average Bonchev–Trinajstić information content (AvgIpc) is 2.63. The summed E-state index contributed by atoms with van der Waals surface area (Å²) in [5, 5.41) is 3.29. The molecule has 2 aromatic rings. The molecule has 1 aliphatic rings. The van der Waals surface area contributed by atoms with E-state index in [1.54, 1.807) is 4.90 Å². The first-order chi connectivity index (χ1) is 11.2. The van der Waals surface area contributed by atoms with Gasteiger partial charge in [0.2, 0.25) is 5.91 Å². The minimum Gasteiger partial charge on any atom is -0.457 e. The molecule has 1 heterocycles. The monoisotopic (exact) mass is 310 g/mol. The van der Waals surface area contributed by atoms with Gasteiger partial charge in [-0.3, -0.25) is 4.79 Å². The lowest BCUT2D eigenvalue weighted by atomic mass is 9.98. The van der Waals surface area contributed by atoms with Crippen molar-refractivity contribution in [2.24, 2.45) is 5.92 Å². The van der Waals surface area contributed by atoms with Gasteiger partial charge in [0.05, 0.1) is 5.92 Å². The fourth-order valence-corrected chi connectivity index (χ4v) is 2.83. The van der Waals surface area contributed by atoms with Crippen LogP contribution >= 0.6 is 0 Å². The van der Waals surface area contributed by atoms with E-state index in [4.69, 9.17) is 4.74 Å². The molecular formula is C19H22N2O2. The molecule has 1 unspecified atom stereocenters. The molecule has 23 heavy (non-hydrogen) atoms. The molecule has 0 bridgehead atoms. The number of hydrogen-bond donors (Lipinski definition) is 1. The van der Waals surface area contributed by atoms with E-state index in [0.717, 1.165) is 43.1 Å². The van der Waals surface area contributed by atoms with Crippen molar-refractivity contribution in [3.8, 4) is 11.5 Å². The van der Waals surface area contributed by atoms with Crippen LogP contribution in [-0.4, -0.2) is 26.0 Å². The van der Waals surface area contributed by atoms with Gasteiger partial charge in [-0.1, -0.05) is 18.2 Å². The highest BCUT2D eigenvalue weighted by atomic mass is 16.5. The molecule has 0 radical (unpaired) electrons. The topological polar surface area (TPSA) is 41.6 Å². The van der Waals surface area contributed by atoms with Crippen molar-refractivity contribution in [1.29, 1.82) is 0 Å². The van der Waals surface area contributed by atoms with Gasteiger partial charge in [0.25, 0.3) is 0 Å². The Morgan fingerprint density at radius 1 is 1.09 bits per heavy atom. The van der Waals surface area contributed by atoms with Crippen LogP contribution in [0.4, 0.5) is 5.69 Å². The van der Waals surface area contributed by atoms with Crippen LogP contribution in [0.5, 0.6) is 11.5 Å². The molecule has 1 fully saturated rings. The van der Waals surface area contributed by atoms with E-state index in [0.29, 0.717) is 0 Å². The van der Waals surface area contributed by atoms with Crippen LogP contribution in [-0.2, 0) is 4.79 Å². The number of carbonyl (C=O) groups excluding carboxylic acids is 1. The minimum absolute atomic E-state index is 0.0778. The van der Waals surface area contributed by atoms with Crippen LogP contribution in [0.3, 0.4) is 0 Å². The molecule has 1 atom stereocenters. The molecule has 4 heteroatoms. The fraction of sp³-hybridized carbons (Fsp3) is 0.316. The van der Waals surface area contributed by atoms with Gasteiger partial charge in [-0.25, -0.2) is 0 Å². The zero-order chi connectivity index (χ0) is 16.1. The number of piperidine rings is 1. The third-order valence-corrected chi connectivity index (χ3v) is 4.18. The Balaban J connectivity index is 1.65. The Kier molecular flexibility index (Phi) is 4.93. The predicted octanol–water partition coefficient (Wildman–Crippen LogP) is 3.44. The first-order valence-corrected chi connectivity index (χ1v) is 8.05. The van der Waals surface area contributed by atoms with Crippen molar-refractivity contribution in [3.63, 3.8) is 0 Å². The fourth-order valence-electron chi connectivity index (χ4n) is 2.83. The highest BCUT2D eigenvalue weighted by Gasteiger charge is 2.24. The molecule has 1 aliphatic heterocycles. The number of anilines is 1. The van der Waals surface area contributed by atoms with Gasteiger partial charge in [0, 0.05) is 19.3 Å². The number of nitrogens with zero attached hydrogens (tertiary/aromatic N) is 1. The maximum atomic E-state index is 12.5. The summed E-state index contributed by atoms with van der Waals surface area (Å²) >= 11 is 0. The Bertz CT molecular complexity index is 634. The lowest BCUT2D eigenvalue weighted by molar-refractivity contribution is -0.122. The standard InChI is InChI=1S/C19H22N2O2/c1-21(19(22)15-6-5-13-20-14-15)16-9-11-18(12-10-16)23-17-7-3-2-4-8-17/h2-4,7-12,15,20H,5-6,13-14H2,1H3. The third-order valence-electron chi connectivity index (χ3n) is 4.18. The van der Waals surface area contributed by atoms with E-state index in [-0.39, 0.29) is 11.8 Å². The van der Waals surface area contributed by atoms with E-state index < -0.39 is 0 Å². The van der Waals surface area contributed by atoms with Gasteiger partial charge < -0.3 is 15.0 Å². The van der Waals surface area contributed by atoms with E-state index in [1.807, 2.05) is 61.6 Å². The molecule has 0 spiro atoms. The van der Waals surface area contributed by atoms with E-state index in [9.17, 15) is 4.79 Å². The van der Waals surface area contributed by atoms with E-state index in [2.05, 4.69) is 5.32 Å². The molecule has 2 aromatic carbocycles. The highest BCUT2D eigenvalue weighted by molar-refractivity contribution is 5.94. The molecule has 0 aliphatic carbocycles. The van der Waals surface area contributed by atoms with Crippen molar-refractivity contribution < 1.29 is 9.53 Å². The lowest BCUT2D eigenvalue weighted by Gasteiger charge is -2.27. The van der Waals surface area contributed by atoms with Gasteiger partial charge >= 0.3 is 0 Å². The third kappa shape index (κ3) is 3.90. The van der Waals surface area contributed by atoms with Gasteiger partial charge in [-0.2, -0.15) is 0 Å². The van der Waals surface area contributed by atoms with Crippen LogP contribution in [0.1, 0.15) is 12.8 Å². The number of carbonyl (C=O) groups is 1. The van der Waals surface area contributed by atoms with Crippen molar-refractivity contribution in [1.82, 2.24) is 5.32 Å². The molecule has 120 valence electrons. The van der Waals surface area contributed by atoms with Crippen LogP contribution in [0, 0.1) is 5.92 Å². The Morgan fingerprint density at radius 3 is 2.43 bits per heavy atom. The summed E-state index contributed by atoms with van der Waals surface area (Å²) in [6.07, 6.45) is 2.03. The Hall–Kier alpha value is -2.33. The summed E-state index contributed by atoms with van der Waals surface area (Å²) in [6, 6.07) is 17.3. The maximum absolute atomic E-state index is 12.5. The van der Waals surface area contributed by atoms with Gasteiger partial charge in [-0.05, 0) is 55.8 Å². The summed E-state index contributed by atoms with van der Waals surface area (Å²) in [6.45, 7) is 1.79. The van der Waals surface area contributed by atoms with Gasteiger partial charge in [0.1, 0.15) is 11.5 Å². The number of rotatable bonds is 4.